The summed E-state index contributed by atoms with van der Waals surface area (Å²) in [5.74, 6) is 2.26. The zero-order chi connectivity index (χ0) is 49.6. The van der Waals surface area contributed by atoms with Crippen LogP contribution in [0.2, 0.25) is 10.0 Å². The first-order chi connectivity index (χ1) is 35.2. The first kappa shape index (κ1) is 48.8. The van der Waals surface area contributed by atoms with Gasteiger partial charge in [-0.3, -0.25) is 9.80 Å². The van der Waals surface area contributed by atoms with Crippen molar-refractivity contribution in [3.63, 3.8) is 0 Å². The molecule has 12 rings (SSSR count). The van der Waals surface area contributed by atoms with Crippen molar-refractivity contribution in [3.05, 3.63) is 117 Å². The molecule has 16 nitrogen and oxygen atoms in total. The average Bonchev–Trinajstić information content (AvgIpc) is 4.27. The van der Waals surface area contributed by atoms with Crippen molar-refractivity contribution in [1.82, 2.24) is 29.7 Å². The average molecular weight is 1060 g/mol. The van der Waals surface area contributed by atoms with Gasteiger partial charge in [-0.25, -0.2) is 15.0 Å². The second-order valence-electron chi connectivity index (χ2n) is 16.9. The van der Waals surface area contributed by atoms with E-state index in [4.69, 9.17) is 47.9 Å². The van der Waals surface area contributed by atoms with E-state index in [9.17, 15) is 10.5 Å². The Labute approximate surface area is 437 Å². The van der Waals surface area contributed by atoms with Crippen LogP contribution in [-0.2, 0) is 13.1 Å². The van der Waals surface area contributed by atoms with E-state index in [2.05, 4.69) is 94.2 Å². The molecule has 21 heteroatoms. The number of aromatic nitrogens is 4. The number of halogens is 2. The molecule has 0 bridgehead atoms. The number of ether oxygens (including phenoxy) is 4. The summed E-state index contributed by atoms with van der Waals surface area (Å²) in [6.07, 6.45) is 10.2. The number of hydrogen-bond donors (Lipinski definition) is 4. The lowest BCUT2D eigenvalue weighted by atomic mass is 10.2. The summed E-state index contributed by atoms with van der Waals surface area (Å²) in [6, 6.07) is 27.9. The Morgan fingerprint density at radius 3 is 1.61 bits per heavy atom. The fourth-order valence-electron chi connectivity index (χ4n) is 8.51. The van der Waals surface area contributed by atoms with Crippen molar-refractivity contribution in [2.75, 3.05) is 67.7 Å². The lowest BCUT2D eigenvalue weighted by molar-refractivity contribution is 0.174. The molecule has 4 aliphatic heterocycles. The highest BCUT2D eigenvalue weighted by molar-refractivity contribution is 8.00. The molecule has 0 unspecified atom stereocenters. The number of pyridine rings is 2. The summed E-state index contributed by atoms with van der Waals surface area (Å²) in [4.78, 5) is 22.7. The first-order valence-electron chi connectivity index (χ1n) is 23.0. The number of nitrogen functional groups attached to an aromatic ring is 1. The topological polar surface area (TPSA) is 205 Å². The highest BCUT2D eigenvalue weighted by Crippen LogP contribution is 2.48. The van der Waals surface area contributed by atoms with Crippen LogP contribution in [0.25, 0.3) is 20.7 Å². The molecule has 4 aromatic carbocycles. The number of nitrogens with two attached hydrogens (primary N) is 1. The third-order valence-corrected chi connectivity index (χ3v) is 15.8. The van der Waals surface area contributed by atoms with Crippen LogP contribution < -0.4 is 40.6 Å². The van der Waals surface area contributed by atoms with E-state index in [0.717, 1.165) is 38.2 Å². The predicted molar refractivity (Wildman–Crippen MR) is 287 cm³/mol. The standard InChI is InChI=1S/C25H21ClN6O2S.C15H9ClN4O2S2.C11H16N2/c26-18-7-8-19-22(34-14-33-19)21(18)30-20-16(11-27)12-28-24-23(20)35-25(31-24)29-17-5-3-15(4-6-17)13-32-9-1-2-10-32;1-23-15-20-14-13(24-15)10(7(4-17)5-18-14)19-11-8(16)2-3-9-12(11)22-6-21-9;12-11-5-3-10(4-6-11)9-13-7-1-2-8-13/h3-8,12H,1-2,9-10,13-14H2,(H2,28,29,30,31);2-3,5H,6H2,1H3,(H,18,19);3-6H,1-2,7-9,12H2. The van der Waals surface area contributed by atoms with Gasteiger partial charge in [-0.2, -0.15) is 15.5 Å². The van der Waals surface area contributed by atoms with E-state index in [-0.39, 0.29) is 13.6 Å². The van der Waals surface area contributed by atoms with Crippen LogP contribution in [0.4, 0.5) is 39.3 Å². The number of rotatable bonds is 11. The van der Waals surface area contributed by atoms with Crippen molar-refractivity contribution in [2.45, 2.75) is 43.1 Å². The van der Waals surface area contributed by atoms with Gasteiger partial charge in [0.05, 0.1) is 37.2 Å². The van der Waals surface area contributed by atoms with E-state index >= 15 is 0 Å². The molecule has 8 heterocycles. The molecule has 0 atom stereocenters. The number of thioether (sulfide) groups is 1. The molecular formula is C51H46Cl2N12O4S3. The molecule has 2 saturated heterocycles. The number of nitrogens with one attached hydrogen (secondary N) is 3. The molecule has 0 aliphatic carbocycles. The van der Waals surface area contributed by atoms with E-state index in [1.165, 1.54) is 110 Å². The van der Waals surface area contributed by atoms with Crippen molar-refractivity contribution in [1.29, 1.82) is 10.5 Å². The van der Waals surface area contributed by atoms with Crippen LogP contribution >= 0.6 is 57.6 Å². The van der Waals surface area contributed by atoms with Crippen LogP contribution in [0.15, 0.2) is 89.5 Å². The van der Waals surface area contributed by atoms with Crippen LogP contribution in [0.1, 0.15) is 47.9 Å². The van der Waals surface area contributed by atoms with Crippen molar-refractivity contribution in [3.8, 4) is 35.1 Å². The maximum atomic E-state index is 9.73. The van der Waals surface area contributed by atoms with Gasteiger partial charge in [0.25, 0.3) is 0 Å². The molecule has 5 N–H and O–H groups in total. The zero-order valence-electron chi connectivity index (χ0n) is 38.8. The summed E-state index contributed by atoms with van der Waals surface area (Å²) in [5, 5.41) is 30.7. The third kappa shape index (κ3) is 11.0. The van der Waals surface area contributed by atoms with E-state index in [1.54, 1.807) is 24.3 Å². The largest absolute Gasteiger partial charge is 0.454 e. The van der Waals surface area contributed by atoms with Gasteiger partial charge in [0, 0.05) is 36.9 Å². The van der Waals surface area contributed by atoms with E-state index in [1.807, 2.05) is 18.4 Å². The monoisotopic (exact) mass is 1060 g/mol. The Kier molecular flexibility index (Phi) is 15.1. The number of thiazole rings is 2. The predicted octanol–water partition coefficient (Wildman–Crippen LogP) is 12.3. The van der Waals surface area contributed by atoms with E-state index in [0.29, 0.717) is 83.3 Å². The van der Waals surface area contributed by atoms with Gasteiger partial charge in [0.1, 0.15) is 28.2 Å². The SMILES string of the molecule is CSc1nc2ncc(C#N)c(Nc3c(Cl)ccc4c3OCO4)c2s1.N#Cc1cnc2nc(Nc3ccc(CN4CCCC4)cc3)sc2c1Nc1c(Cl)ccc2c1OCO2.Nc1ccc(CN2CCCC2)cc1. The third-order valence-electron chi connectivity index (χ3n) is 12.1. The lowest BCUT2D eigenvalue weighted by Crippen LogP contribution is -2.18. The van der Waals surface area contributed by atoms with E-state index < -0.39 is 0 Å². The molecule has 2 fully saturated rings. The number of fused-ring (bicyclic) bond motifs is 4. The number of nitriles is 2. The number of hydrogen-bond acceptors (Lipinski definition) is 19. The zero-order valence-corrected chi connectivity index (χ0v) is 42.8. The van der Waals surface area contributed by atoms with Gasteiger partial charge in [-0.05, 0) is 118 Å². The molecule has 72 heavy (non-hydrogen) atoms. The smallest absolute Gasteiger partial charge is 0.231 e. The summed E-state index contributed by atoms with van der Waals surface area (Å²) >= 11 is 17.2. The minimum atomic E-state index is 0.118. The highest BCUT2D eigenvalue weighted by atomic mass is 35.5. The second-order valence-corrected chi connectivity index (χ2v) is 20.8. The Bertz CT molecular complexity index is 3330. The van der Waals surface area contributed by atoms with Crippen LogP contribution in [0.5, 0.6) is 23.0 Å². The number of nitrogens with zero attached hydrogens (tertiary/aromatic N) is 8. The van der Waals surface area contributed by atoms with Gasteiger partial charge in [0.2, 0.25) is 13.6 Å². The van der Waals surface area contributed by atoms with Gasteiger partial charge in [-0.1, -0.05) is 70.6 Å². The van der Waals surface area contributed by atoms with Crippen molar-refractivity contribution < 1.29 is 18.9 Å². The minimum absolute atomic E-state index is 0.118. The van der Waals surface area contributed by atoms with Crippen molar-refractivity contribution in [2.24, 2.45) is 0 Å². The molecule has 0 amide bonds. The Morgan fingerprint density at radius 1 is 0.625 bits per heavy atom. The maximum absolute atomic E-state index is 9.73. The molecule has 0 radical (unpaired) electrons. The minimum Gasteiger partial charge on any atom is -0.454 e. The molecule has 4 aliphatic rings. The lowest BCUT2D eigenvalue weighted by Gasteiger charge is -2.14. The molecule has 0 spiro atoms. The fraction of sp³-hybridized carbons (Fsp3) is 0.255. The number of benzene rings is 4. The number of anilines is 7. The maximum Gasteiger partial charge on any atom is 0.231 e. The molecule has 0 saturated carbocycles. The normalized spacial score (nSPS) is 14.6. The Hall–Kier alpha value is -6.81. The van der Waals surface area contributed by atoms with Gasteiger partial charge >= 0.3 is 0 Å². The fourth-order valence-corrected chi connectivity index (χ4v) is 11.4. The van der Waals surface area contributed by atoms with Crippen LogP contribution in [0.3, 0.4) is 0 Å². The molecule has 4 aromatic heterocycles. The Balaban J connectivity index is 0.000000139. The summed E-state index contributed by atoms with van der Waals surface area (Å²) in [5.41, 5.74) is 14.3. The summed E-state index contributed by atoms with van der Waals surface area (Å²) in [7, 11) is 0. The molecular weight excluding hydrogens is 1010 g/mol. The Morgan fingerprint density at radius 2 is 1.11 bits per heavy atom. The van der Waals surface area contributed by atoms with Crippen molar-refractivity contribution >= 4 is 118 Å². The van der Waals surface area contributed by atoms with Gasteiger partial charge in [0.15, 0.2) is 43.8 Å². The van der Waals surface area contributed by atoms with Crippen LogP contribution in [-0.4, -0.2) is 75.8 Å². The summed E-state index contributed by atoms with van der Waals surface area (Å²) in [6.45, 7) is 7.18. The highest BCUT2D eigenvalue weighted by Gasteiger charge is 2.25. The summed E-state index contributed by atoms with van der Waals surface area (Å²) < 4.78 is 24.4. The molecule has 366 valence electrons. The second kappa shape index (κ2) is 22.3. The van der Waals surface area contributed by atoms with Gasteiger partial charge < -0.3 is 40.6 Å². The van der Waals surface area contributed by atoms with Gasteiger partial charge in [-0.15, -0.1) is 11.3 Å². The number of likely N-dealkylation sites (tertiary alicyclic amines) is 2. The first-order valence-corrected chi connectivity index (χ1v) is 26.6. The molecule has 8 aromatic rings. The van der Waals surface area contributed by atoms with Crippen LogP contribution in [0, 0.1) is 22.7 Å². The quantitative estimate of drug-likeness (QED) is 0.0702.